The Balaban J connectivity index is 2.34. The minimum absolute atomic E-state index is 1.17. The van der Waals surface area contributed by atoms with Crippen LogP contribution in [0.3, 0.4) is 0 Å². The predicted molar refractivity (Wildman–Crippen MR) is 12.9 cm³/mol. The van der Waals surface area contributed by atoms with Crippen LogP contribution in [0.1, 0.15) is 0 Å². The minimum Gasteiger partial charge on any atom is -0.291 e. The van der Waals surface area contributed by atoms with Crippen molar-refractivity contribution in [2.75, 3.05) is 0 Å². The highest BCUT2D eigenvalue weighted by Gasteiger charge is 1.70. The van der Waals surface area contributed by atoms with Crippen LogP contribution in [0, 0.1) is 0 Å². The van der Waals surface area contributed by atoms with Crippen molar-refractivity contribution in [2.24, 2.45) is 0 Å². The first kappa shape index (κ1) is 5.76. The van der Waals surface area contributed by atoms with Crippen molar-refractivity contribution in [3.63, 3.8) is 0 Å². The van der Waals surface area contributed by atoms with Gasteiger partial charge in [0, 0.05) is 0 Å². The molecule has 0 aromatic heterocycles. The normalized spacial score (nSPS) is 9.00. The van der Waals surface area contributed by atoms with Gasteiger partial charge in [-0.3, -0.25) is 5.21 Å². The molecular weight excluding hydrogens is 92.0 g/mol. The molecule has 6 heteroatoms. The van der Waals surface area contributed by atoms with E-state index in [9.17, 15) is 0 Å². The van der Waals surface area contributed by atoms with E-state index >= 15 is 0 Å². The van der Waals surface area contributed by atoms with Crippen LogP contribution in [0.15, 0.2) is 0 Å². The second-order valence-corrected chi connectivity index (χ2v) is 0.368. The Kier molecular flexibility index (Phi) is 4.57. The molecule has 0 aromatic carbocycles. The van der Waals surface area contributed by atoms with Gasteiger partial charge in [0.2, 0.25) is 0 Å². The molecule has 0 saturated carbocycles. The molecule has 0 aliphatic heterocycles. The molecule has 0 spiro atoms. The summed E-state index contributed by atoms with van der Waals surface area (Å²) in [6.07, 6.45) is 0. The Morgan fingerprint density at radius 1 is 1.50 bits per heavy atom. The maximum atomic E-state index is 7.47. The molecule has 0 aliphatic rings. The molecule has 0 aromatic rings. The van der Waals surface area contributed by atoms with Crippen molar-refractivity contribution >= 4 is 0 Å². The SMILES string of the molecule is ONONOO. The Morgan fingerprint density at radius 2 is 2.17 bits per heavy atom. The highest BCUT2D eigenvalue weighted by Crippen LogP contribution is 1.46. The summed E-state index contributed by atoms with van der Waals surface area (Å²) in [4.78, 5) is 6.65. The van der Waals surface area contributed by atoms with Crippen molar-refractivity contribution in [3.05, 3.63) is 0 Å². The Labute approximate surface area is 33.0 Å². The van der Waals surface area contributed by atoms with Crippen molar-refractivity contribution < 1.29 is 20.4 Å². The monoisotopic (exact) mass is 96.0 g/mol. The van der Waals surface area contributed by atoms with Crippen LogP contribution in [0.2, 0.25) is 0 Å². The topological polar surface area (TPSA) is 83.0 Å². The predicted octanol–water partition coefficient (Wildman–Crippen LogP) is -1.19. The zero-order valence-corrected chi connectivity index (χ0v) is 2.71. The fourth-order valence-corrected chi connectivity index (χ4v) is 0.0373. The zero-order chi connectivity index (χ0) is 4.83. The summed E-state index contributed by atoms with van der Waals surface area (Å²) in [6, 6.07) is 0. The van der Waals surface area contributed by atoms with Crippen molar-refractivity contribution in [3.8, 4) is 0 Å². The maximum Gasteiger partial charge on any atom is -0.0245 e. The smallest absolute Gasteiger partial charge is 0.0245 e. The quantitative estimate of drug-likeness (QED) is 0.201. The molecule has 0 aliphatic carbocycles. The Bertz CT molecular complexity index is 17.5. The van der Waals surface area contributed by atoms with Gasteiger partial charge in [0.25, 0.3) is 0 Å². The van der Waals surface area contributed by atoms with E-state index in [1.54, 1.807) is 0 Å². The van der Waals surface area contributed by atoms with Gasteiger partial charge in [-0.1, -0.05) is 5.64 Å². The van der Waals surface area contributed by atoms with Gasteiger partial charge in [-0.05, 0) is 5.64 Å². The third-order valence-electron chi connectivity index (χ3n) is 0.125. The summed E-state index contributed by atoms with van der Waals surface area (Å²) in [5.74, 6) is 0. The summed E-state index contributed by atoms with van der Waals surface area (Å²) in [7, 11) is 0. The standard InChI is InChI=1S/H4N2O4/c3-1-5-2-6-4/h1-4H. The van der Waals surface area contributed by atoms with Gasteiger partial charge in [0.05, 0.1) is 0 Å². The third kappa shape index (κ3) is 3.76. The average Bonchev–Trinajstić information content (AvgIpc) is 1.61. The lowest BCUT2D eigenvalue weighted by atomic mass is 13.0. The molecule has 6 heavy (non-hydrogen) atoms. The summed E-state index contributed by atoms with van der Waals surface area (Å²) in [5.41, 5.74) is 2.56. The number of nitrogens with one attached hydrogen (secondary N) is 2. The van der Waals surface area contributed by atoms with Gasteiger partial charge in [-0.25, -0.2) is 5.26 Å². The van der Waals surface area contributed by atoms with Crippen LogP contribution in [-0.4, -0.2) is 10.5 Å². The van der Waals surface area contributed by atoms with Gasteiger partial charge >= 0.3 is 0 Å². The lowest BCUT2D eigenvalue weighted by Crippen LogP contribution is -2.21. The van der Waals surface area contributed by atoms with E-state index < -0.39 is 0 Å². The van der Waals surface area contributed by atoms with E-state index in [1.807, 2.05) is 0 Å². The van der Waals surface area contributed by atoms with E-state index in [1.165, 1.54) is 11.3 Å². The van der Waals surface area contributed by atoms with E-state index in [-0.39, 0.29) is 0 Å². The van der Waals surface area contributed by atoms with Crippen LogP contribution >= 0.6 is 0 Å². The Hall–Kier alpha value is -0.240. The minimum atomic E-state index is 1.17. The molecule has 0 rings (SSSR count). The molecule has 0 heterocycles. The molecule has 4 N–H and O–H groups in total. The second kappa shape index (κ2) is 4.76. The zero-order valence-electron chi connectivity index (χ0n) is 2.71. The summed E-state index contributed by atoms with van der Waals surface area (Å²) < 4.78 is 0. The molecule has 0 amide bonds. The third-order valence-corrected chi connectivity index (χ3v) is 0.125. The number of hydrogen-bond acceptors (Lipinski definition) is 6. The number of rotatable bonds is 3. The lowest BCUT2D eigenvalue weighted by Gasteiger charge is -1.91. The highest BCUT2D eigenvalue weighted by atomic mass is 17.3. The highest BCUT2D eigenvalue weighted by molar-refractivity contribution is 3.46. The molecule has 6 nitrogen and oxygen atoms in total. The second-order valence-electron chi connectivity index (χ2n) is 0.368. The van der Waals surface area contributed by atoms with E-state index in [2.05, 4.69) is 9.93 Å². The van der Waals surface area contributed by atoms with Crippen LogP contribution in [0.25, 0.3) is 0 Å². The van der Waals surface area contributed by atoms with Gasteiger partial charge in [-0.2, -0.15) is 4.94 Å². The molecule has 0 saturated heterocycles. The summed E-state index contributed by atoms with van der Waals surface area (Å²) >= 11 is 0. The van der Waals surface area contributed by atoms with Crippen LogP contribution in [-0.2, 0) is 9.93 Å². The first-order valence-electron chi connectivity index (χ1n) is 1.02. The fourth-order valence-electron chi connectivity index (χ4n) is 0.0373. The molecule has 0 radical (unpaired) electrons. The first-order valence-corrected chi connectivity index (χ1v) is 1.02. The van der Waals surface area contributed by atoms with Crippen LogP contribution < -0.4 is 11.3 Å². The maximum absolute atomic E-state index is 7.47. The van der Waals surface area contributed by atoms with Gasteiger partial charge in [0.15, 0.2) is 0 Å². The Morgan fingerprint density at radius 3 is 2.33 bits per heavy atom. The summed E-state index contributed by atoms with van der Waals surface area (Å²) in [5, 5.41) is 14.8. The number of hydrogen-bond donors (Lipinski definition) is 4. The van der Waals surface area contributed by atoms with Crippen molar-refractivity contribution in [2.45, 2.75) is 0 Å². The van der Waals surface area contributed by atoms with Crippen molar-refractivity contribution in [1.82, 2.24) is 11.3 Å². The average molecular weight is 96.0 g/mol. The van der Waals surface area contributed by atoms with E-state index in [4.69, 9.17) is 10.5 Å². The van der Waals surface area contributed by atoms with Crippen molar-refractivity contribution in [1.29, 1.82) is 0 Å². The van der Waals surface area contributed by atoms with Gasteiger partial charge in [-0.15, -0.1) is 4.99 Å². The molecule has 38 valence electrons. The fraction of sp³-hybridized carbons (Fsp3) is 0. The van der Waals surface area contributed by atoms with Crippen LogP contribution in [0.4, 0.5) is 0 Å². The molecule has 0 atom stereocenters. The van der Waals surface area contributed by atoms with Gasteiger partial charge < -0.3 is 0 Å². The first-order chi connectivity index (χ1) is 2.91. The molecule has 0 unspecified atom stereocenters. The van der Waals surface area contributed by atoms with Crippen LogP contribution in [0.5, 0.6) is 0 Å². The summed E-state index contributed by atoms with van der Waals surface area (Å²) in [6.45, 7) is 0. The molecule has 0 fully saturated rings. The molecule has 0 bridgehead atoms. The van der Waals surface area contributed by atoms with E-state index in [0.717, 1.165) is 0 Å². The molecular formula is H4N2O4. The largest absolute Gasteiger partial charge is 0.291 e. The van der Waals surface area contributed by atoms with E-state index in [0.29, 0.717) is 0 Å². The van der Waals surface area contributed by atoms with Gasteiger partial charge in [0.1, 0.15) is 0 Å². The lowest BCUT2D eigenvalue weighted by molar-refractivity contribution is -0.402.